The van der Waals surface area contributed by atoms with Gasteiger partial charge in [0.05, 0.1) is 0 Å². The first kappa shape index (κ1) is 50.4. The zero-order valence-corrected chi connectivity index (χ0v) is 35.4. The maximum atomic E-state index is 12.7. The predicted molar refractivity (Wildman–Crippen MR) is 220 cm³/mol. The highest BCUT2D eigenvalue weighted by Crippen LogP contribution is 2.17. The summed E-state index contributed by atoms with van der Waals surface area (Å²) in [5, 5.41) is 0. The number of rotatable bonds is 40. The maximum absolute atomic E-state index is 12.7. The molecule has 0 amide bonds. The second-order valence-electron chi connectivity index (χ2n) is 16.4. The van der Waals surface area contributed by atoms with Gasteiger partial charge in [-0.25, -0.2) is 0 Å². The molecule has 0 heterocycles. The standard InChI is InChI=1S/C46H88O6/c1-6-8-9-10-19-26-31-36-44(47)50-39-43(40-51-45(48)37-32-27-22-18-17-21-25-30-35-42(5)7-2)52-46(49)38-33-28-23-16-14-12-11-13-15-20-24-29-34-41(3)4/h41-43H,6-40H2,1-5H3/t42?,43-/m0/s1. The molecule has 308 valence electrons. The monoisotopic (exact) mass is 737 g/mol. The van der Waals surface area contributed by atoms with E-state index < -0.39 is 6.10 Å². The third kappa shape index (κ3) is 38.1. The lowest BCUT2D eigenvalue weighted by molar-refractivity contribution is -0.167. The largest absolute Gasteiger partial charge is 0.462 e. The maximum Gasteiger partial charge on any atom is 0.306 e. The number of carbonyl (C=O) groups is 3. The molecule has 0 aliphatic carbocycles. The zero-order valence-electron chi connectivity index (χ0n) is 35.4. The number of carbonyl (C=O) groups excluding carboxylic acids is 3. The highest BCUT2D eigenvalue weighted by molar-refractivity contribution is 5.71. The number of hydrogen-bond acceptors (Lipinski definition) is 6. The van der Waals surface area contributed by atoms with Gasteiger partial charge in [0.25, 0.3) is 0 Å². The minimum absolute atomic E-state index is 0.0656. The first-order valence-corrected chi connectivity index (χ1v) is 22.8. The van der Waals surface area contributed by atoms with E-state index in [2.05, 4.69) is 34.6 Å². The molecule has 0 fully saturated rings. The lowest BCUT2D eigenvalue weighted by Crippen LogP contribution is -2.30. The van der Waals surface area contributed by atoms with Crippen LogP contribution >= 0.6 is 0 Å². The fourth-order valence-corrected chi connectivity index (χ4v) is 6.72. The fraction of sp³-hybridized carbons (Fsp3) is 0.935. The van der Waals surface area contributed by atoms with E-state index in [1.165, 1.54) is 135 Å². The number of unbranched alkanes of at least 4 members (excludes halogenated alkanes) is 24. The summed E-state index contributed by atoms with van der Waals surface area (Å²) >= 11 is 0. The van der Waals surface area contributed by atoms with Gasteiger partial charge in [-0.1, -0.05) is 208 Å². The van der Waals surface area contributed by atoms with Crippen molar-refractivity contribution in [3.8, 4) is 0 Å². The molecule has 6 nitrogen and oxygen atoms in total. The topological polar surface area (TPSA) is 78.9 Å². The third-order valence-corrected chi connectivity index (χ3v) is 10.6. The van der Waals surface area contributed by atoms with Gasteiger partial charge in [-0.05, 0) is 31.1 Å². The van der Waals surface area contributed by atoms with Crippen LogP contribution in [0.3, 0.4) is 0 Å². The highest BCUT2D eigenvalue weighted by Gasteiger charge is 2.19. The van der Waals surface area contributed by atoms with Crippen molar-refractivity contribution < 1.29 is 28.6 Å². The van der Waals surface area contributed by atoms with E-state index in [0.717, 1.165) is 69.6 Å². The van der Waals surface area contributed by atoms with E-state index in [0.29, 0.717) is 19.3 Å². The average molecular weight is 737 g/mol. The van der Waals surface area contributed by atoms with E-state index in [1.54, 1.807) is 0 Å². The molecule has 0 radical (unpaired) electrons. The summed E-state index contributed by atoms with van der Waals surface area (Å²) in [5.74, 6) is 0.816. The Kier molecular flexibility index (Phi) is 37.9. The molecule has 6 heteroatoms. The normalized spacial score (nSPS) is 12.6. The summed E-state index contributed by atoms with van der Waals surface area (Å²) in [6.45, 7) is 11.3. The van der Waals surface area contributed by atoms with Crippen molar-refractivity contribution in [1.29, 1.82) is 0 Å². The van der Waals surface area contributed by atoms with E-state index in [-0.39, 0.29) is 31.1 Å². The third-order valence-electron chi connectivity index (χ3n) is 10.6. The summed E-state index contributed by atoms with van der Waals surface area (Å²) in [6, 6.07) is 0. The van der Waals surface area contributed by atoms with Crippen molar-refractivity contribution in [2.75, 3.05) is 13.2 Å². The van der Waals surface area contributed by atoms with Gasteiger partial charge >= 0.3 is 17.9 Å². The molecule has 0 aromatic heterocycles. The predicted octanol–water partition coefficient (Wildman–Crippen LogP) is 14.2. The van der Waals surface area contributed by atoms with Gasteiger partial charge in [0.1, 0.15) is 13.2 Å². The van der Waals surface area contributed by atoms with Gasteiger partial charge in [0, 0.05) is 19.3 Å². The van der Waals surface area contributed by atoms with Crippen molar-refractivity contribution in [1.82, 2.24) is 0 Å². The van der Waals surface area contributed by atoms with Gasteiger partial charge in [-0.15, -0.1) is 0 Å². The quantitative estimate of drug-likeness (QED) is 0.0354. The molecule has 0 aromatic carbocycles. The molecule has 0 saturated carbocycles. The van der Waals surface area contributed by atoms with Crippen molar-refractivity contribution in [2.24, 2.45) is 11.8 Å². The summed E-state index contributed by atoms with van der Waals surface area (Å²) in [4.78, 5) is 37.6. The van der Waals surface area contributed by atoms with E-state index in [1.807, 2.05) is 0 Å². The van der Waals surface area contributed by atoms with Gasteiger partial charge in [-0.2, -0.15) is 0 Å². The van der Waals surface area contributed by atoms with Crippen molar-refractivity contribution in [3.05, 3.63) is 0 Å². The van der Waals surface area contributed by atoms with Gasteiger partial charge in [0.15, 0.2) is 6.10 Å². The Labute approximate surface area is 323 Å². The Bertz CT molecular complexity index is 796. The van der Waals surface area contributed by atoms with Gasteiger partial charge < -0.3 is 14.2 Å². The SMILES string of the molecule is CCCCCCCCCC(=O)OC[C@@H](COC(=O)CCCCCCCCCCC(C)CC)OC(=O)CCCCCCCCCCCCCCC(C)C. The van der Waals surface area contributed by atoms with Crippen molar-refractivity contribution >= 4 is 17.9 Å². The second kappa shape index (κ2) is 39.1. The van der Waals surface area contributed by atoms with Crippen LogP contribution in [-0.4, -0.2) is 37.2 Å². The van der Waals surface area contributed by atoms with E-state index in [4.69, 9.17) is 14.2 Å². The summed E-state index contributed by atoms with van der Waals surface area (Å²) in [7, 11) is 0. The molecular formula is C46H88O6. The summed E-state index contributed by atoms with van der Waals surface area (Å²) in [5.41, 5.74) is 0. The molecule has 0 bridgehead atoms. The van der Waals surface area contributed by atoms with Gasteiger partial charge in [0.2, 0.25) is 0 Å². The van der Waals surface area contributed by atoms with Crippen LogP contribution in [-0.2, 0) is 28.6 Å². The molecule has 0 spiro atoms. The first-order valence-electron chi connectivity index (χ1n) is 22.8. The Morgan fingerprint density at radius 3 is 1.10 bits per heavy atom. The van der Waals surface area contributed by atoms with Crippen LogP contribution < -0.4 is 0 Å². The lowest BCUT2D eigenvalue weighted by Gasteiger charge is -2.18. The first-order chi connectivity index (χ1) is 25.3. The Morgan fingerprint density at radius 2 is 0.731 bits per heavy atom. The molecule has 2 atom stereocenters. The number of esters is 3. The van der Waals surface area contributed by atoms with Crippen LogP contribution in [0.15, 0.2) is 0 Å². The molecule has 0 aliphatic rings. The van der Waals surface area contributed by atoms with Crippen LogP contribution in [0.1, 0.15) is 247 Å². The molecule has 0 N–H and O–H groups in total. The average Bonchev–Trinajstić information content (AvgIpc) is 3.12. The van der Waals surface area contributed by atoms with Crippen LogP contribution in [0, 0.1) is 11.8 Å². The Morgan fingerprint density at radius 1 is 0.404 bits per heavy atom. The van der Waals surface area contributed by atoms with Crippen molar-refractivity contribution in [3.63, 3.8) is 0 Å². The molecule has 0 rings (SSSR count). The molecule has 52 heavy (non-hydrogen) atoms. The summed E-state index contributed by atoms with van der Waals surface area (Å²) in [6.07, 6.45) is 36.6. The lowest BCUT2D eigenvalue weighted by atomic mass is 9.99. The number of hydrogen-bond donors (Lipinski definition) is 0. The van der Waals surface area contributed by atoms with Crippen LogP contribution in [0.4, 0.5) is 0 Å². The van der Waals surface area contributed by atoms with E-state index in [9.17, 15) is 14.4 Å². The molecule has 0 aromatic rings. The number of ether oxygens (including phenoxy) is 3. The van der Waals surface area contributed by atoms with E-state index >= 15 is 0 Å². The van der Waals surface area contributed by atoms with Gasteiger partial charge in [-0.3, -0.25) is 14.4 Å². The second-order valence-corrected chi connectivity index (χ2v) is 16.4. The van der Waals surface area contributed by atoms with Crippen molar-refractivity contribution in [2.45, 2.75) is 253 Å². The van der Waals surface area contributed by atoms with Crippen LogP contribution in [0.25, 0.3) is 0 Å². The molecule has 0 aliphatic heterocycles. The van der Waals surface area contributed by atoms with Crippen LogP contribution in [0.2, 0.25) is 0 Å². The minimum atomic E-state index is -0.759. The van der Waals surface area contributed by atoms with Crippen LogP contribution in [0.5, 0.6) is 0 Å². The molecule has 1 unspecified atom stereocenters. The summed E-state index contributed by atoms with van der Waals surface area (Å²) < 4.78 is 16.7. The Hall–Kier alpha value is -1.59. The minimum Gasteiger partial charge on any atom is -0.462 e. The zero-order chi connectivity index (χ0) is 38.3. The highest BCUT2D eigenvalue weighted by atomic mass is 16.6. The fourth-order valence-electron chi connectivity index (χ4n) is 6.72. The molecule has 0 saturated heterocycles. The Balaban J connectivity index is 4.28. The smallest absolute Gasteiger partial charge is 0.306 e. The molecular weight excluding hydrogens is 649 g/mol.